The van der Waals surface area contributed by atoms with Crippen molar-refractivity contribution in [1.29, 1.82) is 0 Å². The Morgan fingerprint density at radius 2 is 1.93 bits per heavy atom. The molecule has 15 heavy (non-hydrogen) atoms. The van der Waals surface area contributed by atoms with Crippen LogP contribution in [0.25, 0.3) is 0 Å². The van der Waals surface area contributed by atoms with Gasteiger partial charge in [0.05, 0.1) is 0 Å². The van der Waals surface area contributed by atoms with Gasteiger partial charge in [-0.2, -0.15) is 0 Å². The van der Waals surface area contributed by atoms with Crippen molar-refractivity contribution in [1.82, 2.24) is 4.90 Å². The number of hydrogen-bond acceptors (Lipinski definition) is 3. The van der Waals surface area contributed by atoms with Crippen LogP contribution in [0.2, 0.25) is 0 Å². The minimum absolute atomic E-state index is 0.0773. The zero-order valence-corrected chi connectivity index (χ0v) is 9.40. The van der Waals surface area contributed by atoms with Gasteiger partial charge in [0.15, 0.2) is 0 Å². The topological polar surface area (TPSA) is 83.6 Å². The van der Waals surface area contributed by atoms with Crippen LogP contribution in [0.3, 0.4) is 0 Å². The van der Waals surface area contributed by atoms with Gasteiger partial charge in [0.25, 0.3) is 0 Å². The molecule has 88 valence electrons. The van der Waals surface area contributed by atoms with Crippen molar-refractivity contribution in [3.8, 4) is 0 Å². The molecule has 0 bridgehead atoms. The molecule has 0 aliphatic carbocycles. The standard InChI is InChI=1S/C10H20N2O3/c1-8(2)12(7-10(14)15)9(13)5-3-4-6-11/h8H,3-7,11H2,1-2H3,(H,14,15). The third-order valence-corrected chi connectivity index (χ3v) is 2.09. The lowest BCUT2D eigenvalue weighted by Gasteiger charge is -2.24. The number of hydrogen-bond donors (Lipinski definition) is 2. The molecule has 0 fully saturated rings. The van der Waals surface area contributed by atoms with Gasteiger partial charge in [-0.05, 0) is 33.2 Å². The van der Waals surface area contributed by atoms with Crippen molar-refractivity contribution < 1.29 is 14.7 Å². The van der Waals surface area contributed by atoms with Gasteiger partial charge in [0, 0.05) is 12.5 Å². The summed E-state index contributed by atoms with van der Waals surface area (Å²) in [6.07, 6.45) is 1.89. The molecule has 0 rings (SSSR count). The third-order valence-electron chi connectivity index (χ3n) is 2.09. The second-order valence-electron chi connectivity index (χ2n) is 3.75. The van der Waals surface area contributed by atoms with Crippen LogP contribution in [-0.4, -0.2) is 41.0 Å². The number of nitrogens with zero attached hydrogens (tertiary/aromatic N) is 1. The van der Waals surface area contributed by atoms with Crippen LogP contribution in [0.15, 0.2) is 0 Å². The van der Waals surface area contributed by atoms with Crippen LogP contribution in [0.4, 0.5) is 0 Å². The predicted octanol–water partition coefficient (Wildman–Crippen LogP) is 0.437. The first-order valence-electron chi connectivity index (χ1n) is 5.20. The molecular weight excluding hydrogens is 196 g/mol. The molecule has 5 heteroatoms. The van der Waals surface area contributed by atoms with Crippen molar-refractivity contribution in [3.05, 3.63) is 0 Å². The zero-order valence-electron chi connectivity index (χ0n) is 9.40. The summed E-state index contributed by atoms with van der Waals surface area (Å²) in [4.78, 5) is 23.5. The van der Waals surface area contributed by atoms with Crippen LogP contribution in [0, 0.1) is 0 Å². The molecule has 0 atom stereocenters. The van der Waals surface area contributed by atoms with E-state index in [0.717, 1.165) is 12.8 Å². The Morgan fingerprint density at radius 3 is 2.33 bits per heavy atom. The second kappa shape index (κ2) is 7.23. The molecule has 0 spiro atoms. The molecule has 0 saturated heterocycles. The monoisotopic (exact) mass is 216 g/mol. The van der Waals surface area contributed by atoms with Crippen LogP contribution in [0.5, 0.6) is 0 Å². The number of carbonyl (C=O) groups is 2. The molecule has 0 saturated carbocycles. The fraction of sp³-hybridized carbons (Fsp3) is 0.800. The van der Waals surface area contributed by atoms with Crippen molar-refractivity contribution in [2.45, 2.75) is 39.2 Å². The lowest BCUT2D eigenvalue weighted by Crippen LogP contribution is -2.40. The van der Waals surface area contributed by atoms with E-state index in [1.807, 2.05) is 13.8 Å². The summed E-state index contributed by atoms with van der Waals surface area (Å²) in [6.45, 7) is 3.96. The Balaban J connectivity index is 4.11. The minimum atomic E-state index is -0.976. The van der Waals surface area contributed by atoms with E-state index < -0.39 is 5.97 Å². The fourth-order valence-corrected chi connectivity index (χ4v) is 1.27. The first-order valence-corrected chi connectivity index (χ1v) is 5.20. The molecule has 0 aromatic rings. The maximum atomic E-state index is 11.6. The van der Waals surface area contributed by atoms with Crippen molar-refractivity contribution in [2.24, 2.45) is 5.73 Å². The summed E-state index contributed by atoms with van der Waals surface area (Å²) in [5.74, 6) is -1.09. The van der Waals surface area contributed by atoms with Gasteiger partial charge >= 0.3 is 5.97 Å². The molecule has 0 aliphatic heterocycles. The second-order valence-corrected chi connectivity index (χ2v) is 3.75. The smallest absolute Gasteiger partial charge is 0.323 e. The zero-order chi connectivity index (χ0) is 11.8. The van der Waals surface area contributed by atoms with Crippen molar-refractivity contribution >= 4 is 11.9 Å². The molecule has 0 aliphatic rings. The summed E-state index contributed by atoms with van der Waals surface area (Å²) < 4.78 is 0. The summed E-state index contributed by atoms with van der Waals surface area (Å²) in [6, 6.07) is -0.0773. The molecule has 3 N–H and O–H groups in total. The molecule has 5 nitrogen and oxygen atoms in total. The van der Waals surface area contributed by atoms with Crippen molar-refractivity contribution in [2.75, 3.05) is 13.1 Å². The molecule has 0 radical (unpaired) electrons. The van der Waals surface area contributed by atoms with Gasteiger partial charge in [0.2, 0.25) is 5.91 Å². The molecule has 1 amide bonds. The van der Waals surface area contributed by atoms with Crippen molar-refractivity contribution in [3.63, 3.8) is 0 Å². The Kier molecular flexibility index (Phi) is 6.70. The lowest BCUT2D eigenvalue weighted by atomic mass is 10.2. The number of unbranched alkanes of at least 4 members (excludes halogenated alkanes) is 1. The van der Waals surface area contributed by atoms with E-state index in [1.165, 1.54) is 4.90 Å². The van der Waals surface area contributed by atoms with E-state index >= 15 is 0 Å². The number of carboxylic acids is 1. The first kappa shape index (κ1) is 13.9. The number of carbonyl (C=O) groups excluding carboxylic acids is 1. The highest BCUT2D eigenvalue weighted by Gasteiger charge is 2.18. The maximum absolute atomic E-state index is 11.6. The normalized spacial score (nSPS) is 10.4. The molecule has 0 unspecified atom stereocenters. The van der Waals surface area contributed by atoms with Gasteiger partial charge in [-0.25, -0.2) is 0 Å². The van der Waals surface area contributed by atoms with Gasteiger partial charge < -0.3 is 15.7 Å². The maximum Gasteiger partial charge on any atom is 0.323 e. The predicted molar refractivity (Wildman–Crippen MR) is 57.4 cm³/mol. The highest BCUT2D eigenvalue weighted by Crippen LogP contribution is 2.04. The number of carboxylic acid groups (broad SMARTS) is 1. The summed E-state index contributed by atoms with van der Waals surface area (Å²) >= 11 is 0. The Hall–Kier alpha value is -1.10. The largest absolute Gasteiger partial charge is 0.480 e. The van der Waals surface area contributed by atoms with E-state index in [1.54, 1.807) is 0 Å². The van der Waals surface area contributed by atoms with Crippen LogP contribution >= 0.6 is 0 Å². The summed E-state index contributed by atoms with van der Waals surface area (Å²) in [5.41, 5.74) is 5.31. The quantitative estimate of drug-likeness (QED) is 0.605. The van der Waals surface area contributed by atoms with E-state index in [0.29, 0.717) is 13.0 Å². The molecule has 0 heterocycles. The van der Waals surface area contributed by atoms with Gasteiger partial charge in [-0.3, -0.25) is 9.59 Å². The third kappa shape index (κ3) is 6.06. The van der Waals surface area contributed by atoms with Gasteiger partial charge in [0.1, 0.15) is 6.54 Å². The highest BCUT2D eigenvalue weighted by atomic mass is 16.4. The minimum Gasteiger partial charge on any atom is -0.480 e. The summed E-state index contributed by atoms with van der Waals surface area (Å²) in [5, 5.41) is 8.64. The lowest BCUT2D eigenvalue weighted by molar-refractivity contribution is -0.145. The molecule has 0 aromatic carbocycles. The van der Waals surface area contributed by atoms with Gasteiger partial charge in [-0.1, -0.05) is 0 Å². The number of aliphatic carboxylic acids is 1. The van der Waals surface area contributed by atoms with E-state index in [2.05, 4.69) is 0 Å². The Labute approximate surface area is 90.2 Å². The van der Waals surface area contributed by atoms with Gasteiger partial charge in [-0.15, -0.1) is 0 Å². The van der Waals surface area contributed by atoms with Crippen LogP contribution in [0.1, 0.15) is 33.1 Å². The van der Waals surface area contributed by atoms with E-state index in [4.69, 9.17) is 10.8 Å². The SMILES string of the molecule is CC(C)N(CC(=O)O)C(=O)CCCCN. The Morgan fingerprint density at radius 1 is 1.33 bits per heavy atom. The summed E-state index contributed by atoms with van der Waals surface area (Å²) in [7, 11) is 0. The average molecular weight is 216 g/mol. The fourth-order valence-electron chi connectivity index (χ4n) is 1.27. The van der Waals surface area contributed by atoms with Crippen LogP contribution in [-0.2, 0) is 9.59 Å². The Bertz CT molecular complexity index is 217. The van der Waals surface area contributed by atoms with Crippen LogP contribution < -0.4 is 5.73 Å². The number of amides is 1. The number of nitrogens with two attached hydrogens (primary N) is 1. The molecule has 0 aromatic heterocycles. The highest BCUT2D eigenvalue weighted by molar-refractivity contribution is 5.81. The number of rotatable bonds is 7. The van der Waals surface area contributed by atoms with E-state index in [9.17, 15) is 9.59 Å². The van der Waals surface area contributed by atoms with E-state index in [-0.39, 0.29) is 18.5 Å². The first-order chi connectivity index (χ1) is 6.99. The average Bonchev–Trinajstić information content (AvgIpc) is 2.13. The molecular formula is C10H20N2O3.